The van der Waals surface area contributed by atoms with Gasteiger partial charge in [0, 0.05) is 18.5 Å². The average molecular weight is 457 g/mol. The first-order valence-electron chi connectivity index (χ1n) is 7.68. The number of aliphatic imine (C=N–C) groups is 1. The number of nitrogens with one attached hydrogen (secondary N) is 2. The Kier molecular flexibility index (Phi) is 7.78. The molecule has 0 aliphatic heterocycles. The van der Waals surface area contributed by atoms with Crippen LogP contribution in [0.5, 0.6) is 0 Å². The van der Waals surface area contributed by atoms with E-state index in [1.807, 2.05) is 6.92 Å². The second-order valence-electron chi connectivity index (χ2n) is 5.90. The molecule has 1 fully saturated rings. The minimum Gasteiger partial charge on any atom is -0.396 e. The summed E-state index contributed by atoms with van der Waals surface area (Å²) in [7, 11) is 0. The third-order valence-corrected chi connectivity index (χ3v) is 3.94. The number of aliphatic hydroxyl groups excluding tert-OH is 1. The monoisotopic (exact) mass is 457 g/mol. The first-order valence-corrected chi connectivity index (χ1v) is 7.68. The van der Waals surface area contributed by atoms with Gasteiger partial charge < -0.3 is 15.7 Å². The lowest BCUT2D eigenvalue weighted by Gasteiger charge is -2.16. The van der Waals surface area contributed by atoms with Crippen LogP contribution in [0, 0.1) is 5.41 Å². The summed E-state index contributed by atoms with van der Waals surface area (Å²) in [6.07, 6.45) is -2.39. The molecule has 0 atom stereocenters. The SMILES string of the molecule is CCNC(=NCc1cccc(C(F)(F)F)c1)NCC1(CO)CC1.I. The molecular formula is C16H23F3IN3O. The van der Waals surface area contributed by atoms with Crippen molar-refractivity contribution in [2.45, 2.75) is 32.5 Å². The zero-order valence-electron chi connectivity index (χ0n) is 13.5. The summed E-state index contributed by atoms with van der Waals surface area (Å²) in [4.78, 5) is 4.32. The van der Waals surface area contributed by atoms with Gasteiger partial charge in [-0.15, -0.1) is 24.0 Å². The standard InChI is InChI=1S/C16H22F3N3O.HI/c1-2-20-14(22-10-15(11-23)6-7-15)21-9-12-4-3-5-13(8-12)16(17,18)19;/h3-5,8,23H,2,6-7,9-11H2,1H3,(H2,20,21,22);1H. The van der Waals surface area contributed by atoms with Crippen LogP contribution in [0.4, 0.5) is 13.2 Å². The fourth-order valence-electron chi connectivity index (χ4n) is 2.20. The van der Waals surface area contributed by atoms with E-state index in [4.69, 9.17) is 0 Å². The molecular weight excluding hydrogens is 434 g/mol. The van der Waals surface area contributed by atoms with Crippen molar-refractivity contribution in [2.75, 3.05) is 19.7 Å². The molecule has 0 heterocycles. The van der Waals surface area contributed by atoms with Gasteiger partial charge in [-0.25, -0.2) is 4.99 Å². The van der Waals surface area contributed by atoms with Gasteiger partial charge in [0.15, 0.2) is 5.96 Å². The Morgan fingerprint density at radius 2 is 2.00 bits per heavy atom. The normalized spacial score (nSPS) is 16.3. The highest BCUT2D eigenvalue weighted by Gasteiger charge is 2.41. The zero-order chi connectivity index (χ0) is 16.9. The molecule has 0 radical (unpaired) electrons. The lowest BCUT2D eigenvalue weighted by molar-refractivity contribution is -0.137. The maximum absolute atomic E-state index is 12.7. The zero-order valence-corrected chi connectivity index (χ0v) is 15.8. The highest BCUT2D eigenvalue weighted by molar-refractivity contribution is 14.0. The number of hydrogen-bond acceptors (Lipinski definition) is 2. The van der Waals surface area contributed by atoms with Gasteiger partial charge in [0.2, 0.25) is 0 Å². The van der Waals surface area contributed by atoms with Crippen molar-refractivity contribution in [3.05, 3.63) is 35.4 Å². The van der Waals surface area contributed by atoms with Crippen molar-refractivity contribution < 1.29 is 18.3 Å². The Hall–Kier alpha value is -1.03. The van der Waals surface area contributed by atoms with Crippen molar-refractivity contribution in [3.63, 3.8) is 0 Å². The topological polar surface area (TPSA) is 56.7 Å². The molecule has 1 aliphatic rings. The third-order valence-electron chi connectivity index (χ3n) is 3.94. The van der Waals surface area contributed by atoms with Crippen molar-refractivity contribution in [3.8, 4) is 0 Å². The molecule has 1 aromatic rings. The summed E-state index contributed by atoms with van der Waals surface area (Å²) in [5.41, 5.74) is -0.229. The number of benzene rings is 1. The fraction of sp³-hybridized carbons (Fsp3) is 0.562. The van der Waals surface area contributed by atoms with E-state index < -0.39 is 11.7 Å². The maximum atomic E-state index is 12.7. The average Bonchev–Trinajstić information content (AvgIpc) is 3.30. The van der Waals surface area contributed by atoms with Crippen LogP contribution in [0.1, 0.15) is 30.9 Å². The van der Waals surface area contributed by atoms with Crippen LogP contribution in [0.25, 0.3) is 0 Å². The highest BCUT2D eigenvalue weighted by Crippen LogP contribution is 2.44. The quantitative estimate of drug-likeness (QED) is 0.350. The van der Waals surface area contributed by atoms with Gasteiger partial charge in [-0.3, -0.25) is 0 Å². The maximum Gasteiger partial charge on any atom is 0.416 e. The van der Waals surface area contributed by atoms with Crippen LogP contribution in [-0.2, 0) is 12.7 Å². The van der Waals surface area contributed by atoms with Crippen LogP contribution in [0.15, 0.2) is 29.3 Å². The van der Waals surface area contributed by atoms with Crippen LogP contribution >= 0.6 is 24.0 Å². The van der Waals surface area contributed by atoms with E-state index >= 15 is 0 Å². The predicted octanol–water partition coefficient (Wildman–Crippen LogP) is 3.15. The predicted molar refractivity (Wildman–Crippen MR) is 98.4 cm³/mol. The molecule has 3 N–H and O–H groups in total. The number of hydrogen-bond donors (Lipinski definition) is 3. The fourth-order valence-corrected chi connectivity index (χ4v) is 2.20. The van der Waals surface area contributed by atoms with Crippen molar-refractivity contribution in [1.82, 2.24) is 10.6 Å². The molecule has 0 amide bonds. The molecule has 0 aromatic heterocycles. The van der Waals surface area contributed by atoms with Gasteiger partial charge in [-0.05, 0) is 37.5 Å². The lowest BCUT2D eigenvalue weighted by Crippen LogP contribution is -2.41. The molecule has 1 aromatic carbocycles. The van der Waals surface area contributed by atoms with Crippen LogP contribution in [0.2, 0.25) is 0 Å². The Morgan fingerprint density at radius 3 is 2.54 bits per heavy atom. The van der Waals surface area contributed by atoms with E-state index in [-0.39, 0.29) is 42.5 Å². The van der Waals surface area contributed by atoms with Crippen LogP contribution in [-0.4, -0.2) is 30.8 Å². The molecule has 0 spiro atoms. The van der Waals surface area contributed by atoms with Gasteiger partial charge in [-0.2, -0.15) is 13.2 Å². The summed E-state index contributed by atoms with van der Waals surface area (Å²) >= 11 is 0. The first-order chi connectivity index (χ1) is 10.9. The van der Waals surface area contributed by atoms with Gasteiger partial charge in [-0.1, -0.05) is 12.1 Å². The van der Waals surface area contributed by atoms with Crippen molar-refractivity contribution in [2.24, 2.45) is 10.4 Å². The summed E-state index contributed by atoms with van der Waals surface area (Å²) in [5, 5.41) is 15.5. The van der Waals surface area contributed by atoms with E-state index in [0.29, 0.717) is 24.6 Å². The second kappa shape index (κ2) is 8.89. The lowest BCUT2D eigenvalue weighted by atomic mass is 10.1. The van der Waals surface area contributed by atoms with E-state index in [2.05, 4.69) is 15.6 Å². The summed E-state index contributed by atoms with van der Waals surface area (Å²) in [5.74, 6) is 0.546. The van der Waals surface area contributed by atoms with Crippen molar-refractivity contribution in [1.29, 1.82) is 0 Å². The van der Waals surface area contributed by atoms with Gasteiger partial charge in [0.25, 0.3) is 0 Å². The number of alkyl halides is 3. The van der Waals surface area contributed by atoms with Gasteiger partial charge in [0.1, 0.15) is 0 Å². The van der Waals surface area contributed by atoms with Gasteiger partial charge >= 0.3 is 6.18 Å². The molecule has 2 rings (SSSR count). The van der Waals surface area contributed by atoms with E-state index in [0.717, 1.165) is 25.0 Å². The largest absolute Gasteiger partial charge is 0.416 e. The number of halogens is 4. The Bertz CT molecular complexity index is 560. The molecule has 136 valence electrons. The molecule has 1 saturated carbocycles. The van der Waals surface area contributed by atoms with Gasteiger partial charge in [0.05, 0.1) is 18.7 Å². The summed E-state index contributed by atoms with van der Waals surface area (Å²) < 4.78 is 38.1. The molecule has 4 nitrogen and oxygen atoms in total. The minimum absolute atomic E-state index is 0. The number of rotatable bonds is 6. The molecule has 24 heavy (non-hydrogen) atoms. The third kappa shape index (κ3) is 6.12. The molecule has 0 unspecified atom stereocenters. The van der Waals surface area contributed by atoms with Crippen molar-refractivity contribution >= 4 is 29.9 Å². The Labute approximate surface area is 157 Å². The first kappa shape index (κ1) is 21.0. The molecule has 8 heteroatoms. The minimum atomic E-state index is -4.35. The second-order valence-corrected chi connectivity index (χ2v) is 5.90. The molecule has 0 bridgehead atoms. The Morgan fingerprint density at radius 1 is 1.29 bits per heavy atom. The number of aliphatic hydroxyl groups is 1. The highest BCUT2D eigenvalue weighted by atomic mass is 127. The molecule has 1 aliphatic carbocycles. The number of nitrogens with zero attached hydrogens (tertiary/aromatic N) is 1. The van der Waals surface area contributed by atoms with E-state index in [1.54, 1.807) is 6.07 Å². The van der Waals surface area contributed by atoms with E-state index in [9.17, 15) is 18.3 Å². The molecule has 0 saturated heterocycles. The Balaban J connectivity index is 0.00000288. The van der Waals surface area contributed by atoms with Crippen LogP contribution < -0.4 is 10.6 Å². The van der Waals surface area contributed by atoms with E-state index in [1.165, 1.54) is 6.07 Å². The number of guanidine groups is 1. The smallest absolute Gasteiger partial charge is 0.396 e. The summed E-state index contributed by atoms with van der Waals surface area (Å²) in [6.45, 7) is 3.47. The summed E-state index contributed by atoms with van der Waals surface area (Å²) in [6, 6.07) is 5.18. The van der Waals surface area contributed by atoms with Crippen LogP contribution in [0.3, 0.4) is 0 Å².